The van der Waals surface area contributed by atoms with Crippen molar-refractivity contribution in [2.24, 2.45) is 5.92 Å². The predicted molar refractivity (Wildman–Crippen MR) is 154 cm³/mol. The summed E-state index contributed by atoms with van der Waals surface area (Å²) in [7, 11) is 0. The maximum Gasteiger partial charge on any atom is 0.335 e. The molecule has 218 valence electrons. The van der Waals surface area contributed by atoms with E-state index in [4.69, 9.17) is 14.9 Å². The molecule has 2 aromatic carbocycles. The van der Waals surface area contributed by atoms with E-state index >= 15 is 0 Å². The third-order valence-corrected chi connectivity index (χ3v) is 6.08. The first-order valence-corrected chi connectivity index (χ1v) is 13.2. The zero-order valence-corrected chi connectivity index (χ0v) is 23.1. The Labute approximate surface area is 235 Å². The zero-order chi connectivity index (χ0) is 29.9. The first-order valence-electron chi connectivity index (χ1n) is 13.2. The normalized spacial score (nSPS) is 11.9. The van der Waals surface area contributed by atoms with Crippen molar-refractivity contribution < 1.29 is 38.4 Å². The molecular formula is C32H40F2O6. The monoisotopic (exact) mass is 558 g/mol. The second kappa shape index (κ2) is 19.6. The summed E-state index contributed by atoms with van der Waals surface area (Å²) < 4.78 is 34.5. The molecule has 0 aliphatic heterocycles. The fraction of sp³-hybridized carbons (Fsp3) is 0.375. The smallest absolute Gasteiger partial charge is 0.335 e. The fourth-order valence-electron chi connectivity index (χ4n) is 3.46. The molecule has 0 heterocycles. The van der Waals surface area contributed by atoms with Gasteiger partial charge in [-0.15, -0.1) is 0 Å². The van der Waals surface area contributed by atoms with Crippen molar-refractivity contribution in [2.45, 2.75) is 45.4 Å². The van der Waals surface area contributed by atoms with E-state index in [9.17, 15) is 23.5 Å². The topological polar surface area (TPSA) is 104 Å². The number of unbranched alkanes of at least 4 members (excludes halogenated alkanes) is 2. The predicted octanol–water partition coefficient (Wildman–Crippen LogP) is 5.55. The van der Waals surface area contributed by atoms with Gasteiger partial charge in [-0.3, -0.25) is 4.79 Å². The van der Waals surface area contributed by atoms with E-state index in [1.165, 1.54) is 12.1 Å². The van der Waals surface area contributed by atoms with Gasteiger partial charge >= 0.3 is 5.97 Å². The summed E-state index contributed by atoms with van der Waals surface area (Å²) in [4.78, 5) is 21.0. The molecule has 0 fully saturated rings. The molecule has 0 radical (unpaired) electrons. The summed E-state index contributed by atoms with van der Waals surface area (Å²) in [6.07, 6.45) is 5.93. The molecule has 8 heteroatoms. The van der Waals surface area contributed by atoms with Crippen LogP contribution in [0, 0.1) is 5.92 Å². The molecule has 0 aromatic heterocycles. The van der Waals surface area contributed by atoms with Gasteiger partial charge in [-0.1, -0.05) is 81.5 Å². The van der Waals surface area contributed by atoms with Crippen LogP contribution < -0.4 is 0 Å². The van der Waals surface area contributed by atoms with Crippen LogP contribution in [0.25, 0.3) is 11.7 Å². The number of ether oxygens (including phenoxy) is 1. The van der Waals surface area contributed by atoms with Gasteiger partial charge in [0.15, 0.2) is 11.7 Å². The highest BCUT2D eigenvalue weighted by atomic mass is 19.2. The van der Waals surface area contributed by atoms with Gasteiger partial charge in [-0.25, -0.2) is 13.6 Å². The summed E-state index contributed by atoms with van der Waals surface area (Å²) in [5.74, 6) is -2.77. The highest BCUT2D eigenvalue weighted by Gasteiger charge is 2.15. The Hall–Kier alpha value is -3.46. The number of rotatable bonds is 16. The molecule has 0 amide bonds. The van der Waals surface area contributed by atoms with Crippen LogP contribution in [-0.4, -0.2) is 54.0 Å². The SMILES string of the molecule is C=C(C=O)CO.C=C(CO)C(=O)OCC(CO)CCc1ccc(/C(F)=C(\F)c2ccc(CCCCC)cc2)cc1. The minimum absolute atomic E-state index is 0.00636. The van der Waals surface area contributed by atoms with Crippen molar-refractivity contribution in [1.29, 1.82) is 0 Å². The molecule has 40 heavy (non-hydrogen) atoms. The zero-order valence-electron chi connectivity index (χ0n) is 23.1. The number of hydrogen-bond acceptors (Lipinski definition) is 6. The van der Waals surface area contributed by atoms with Gasteiger partial charge < -0.3 is 20.1 Å². The van der Waals surface area contributed by atoms with Crippen LogP contribution in [0.1, 0.15) is 54.9 Å². The molecule has 3 N–H and O–H groups in total. The van der Waals surface area contributed by atoms with Crippen LogP contribution in [0.4, 0.5) is 8.78 Å². The summed E-state index contributed by atoms with van der Waals surface area (Å²) >= 11 is 0. The number of esters is 1. The lowest BCUT2D eigenvalue weighted by Gasteiger charge is -2.15. The van der Waals surface area contributed by atoms with Crippen molar-refractivity contribution in [3.63, 3.8) is 0 Å². The minimum atomic E-state index is -0.908. The maximum atomic E-state index is 14.7. The number of hydrogen-bond donors (Lipinski definition) is 3. The van der Waals surface area contributed by atoms with Crippen molar-refractivity contribution in [1.82, 2.24) is 0 Å². The Morgan fingerprint density at radius 3 is 1.80 bits per heavy atom. The Kier molecular flexibility index (Phi) is 16.9. The molecule has 0 aliphatic carbocycles. The second-order valence-corrected chi connectivity index (χ2v) is 9.36. The van der Waals surface area contributed by atoms with Crippen molar-refractivity contribution >= 4 is 23.9 Å². The molecule has 0 saturated carbocycles. The van der Waals surface area contributed by atoms with Gasteiger partial charge in [0.2, 0.25) is 0 Å². The molecule has 2 rings (SSSR count). The summed E-state index contributed by atoms with van der Waals surface area (Å²) in [5.41, 5.74) is 2.54. The number of aliphatic hydroxyl groups excluding tert-OH is 3. The fourth-order valence-corrected chi connectivity index (χ4v) is 3.46. The molecular weight excluding hydrogens is 518 g/mol. The summed E-state index contributed by atoms with van der Waals surface area (Å²) in [6, 6.07) is 13.4. The first-order chi connectivity index (χ1) is 19.2. The molecule has 6 nitrogen and oxygen atoms in total. The summed E-state index contributed by atoms with van der Waals surface area (Å²) in [5, 5.41) is 26.4. The van der Waals surface area contributed by atoms with Crippen molar-refractivity contribution in [3.8, 4) is 0 Å². The lowest BCUT2D eigenvalue weighted by Crippen LogP contribution is -2.19. The van der Waals surface area contributed by atoms with Crippen LogP contribution >= 0.6 is 0 Å². The highest BCUT2D eigenvalue weighted by molar-refractivity contribution is 5.87. The van der Waals surface area contributed by atoms with Crippen LogP contribution in [-0.2, 0) is 27.2 Å². The van der Waals surface area contributed by atoms with Gasteiger partial charge in [-0.2, -0.15) is 0 Å². The quantitative estimate of drug-likeness (QED) is 0.0821. The molecule has 2 aromatic rings. The number of halogens is 2. The number of aliphatic hydroxyl groups is 3. The van der Waals surface area contributed by atoms with Gasteiger partial charge in [0, 0.05) is 29.2 Å². The molecule has 1 unspecified atom stereocenters. The standard InChI is InChI=1S/C28H34F2O4.C4H6O2/c1-3-4-5-6-21-9-13-24(14-10-21)26(29)27(30)25-15-11-22(12-16-25)7-8-23(18-32)19-34-28(33)20(2)17-31;1-4(2-5)3-6/h9-16,23,31-32H,2-8,17-19H2,1H3;2,6H,1,3H2/b27-26+;. The van der Waals surface area contributed by atoms with E-state index in [-0.39, 0.29) is 48.0 Å². The highest BCUT2D eigenvalue weighted by Crippen LogP contribution is 2.29. The molecule has 1 atom stereocenters. The van der Waals surface area contributed by atoms with Crippen LogP contribution in [0.5, 0.6) is 0 Å². The minimum Gasteiger partial charge on any atom is -0.462 e. The Bertz CT molecular complexity index is 1110. The van der Waals surface area contributed by atoms with Crippen molar-refractivity contribution in [2.75, 3.05) is 26.4 Å². The van der Waals surface area contributed by atoms with Gasteiger partial charge in [0.25, 0.3) is 0 Å². The third-order valence-electron chi connectivity index (χ3n) is 6.08. The van der Waals surface area contributed by atoms with Crippen molar-refractivity contribution in [3.05, 3.63) is 95.1 Å². The third kappa shape index (κ3) is 12.6. The number of aryl methyl sites for hydroxylation is 2. The molecule has 0 spiro atoms. The number of carbonyl (C=O) groups excluding carboxylic acids is 2. The largest absolute Gasteiger partial charge is 0.462 e. The maximum absolute atomic E-state index is 14.7. The average Bonchev–Trinajstić information content (AvgIpc) is 3.00. The number of aldehydes is 1. The molecule has 0 saturated heterocycles. The van der Waals surface area contributed by atoms with E-state index in [0.29, 0.717) is 19.1 Å². The molecule has 0 bridgehead atoms. The molecule has 0 aliphatic rings. The summed E-state index contributed by atoms with van der Waals surface area (Å²) in [6.45, 7) is 7.83. The lowest BCUT2D eigenvalue weighted by atomic mass is 9.99. The number of benzene rings is 2. The average molecular weight is 559 g/mol. The van der Waals surface area contributed by atoms with E-state index in [0.717, 1.165) is 36.8 Å². The van der Waals surface area contributed by atoms with E-state index < -0.39 is 24.2 Å². The van der Waals surface area contributed by atoms with Crippen LogP contribution in [0.3, 0.4) is 0 Å². The second-order valence-electron chi connectivity index (χ2n) is 9.36. The van der Waals surface area contributed by atoms with Gasteiger partial charge in [0.05, 0.1) is 25.4 Å². The van der Waals surface area contributed by atoms with E-state index in [1.54, 1.807) is 24.3 Å². The van der Waals surface area contributed by atoms with Crippen LogP contribution in [0.2, 0.25) is 0 Å². The Balaban J connectivity index is 0.00000120. The lowest BCUT2D eigenvalue weighted by molar-refractivity contribution is -0.141. The Morgan fingerprint density at radius 2 is 1.40 bits per heavy atom. The number of carbonyl (C=O) groups is 2. The van der Waals surface area contributed by atoms with Gasteiger partial charge in [0.1, 0.15) is 6.29 Å². The van der Waals surface area contributed by atoms with Gasteiger partial charge in [-0.05, 0) is 36.8 Å². The van der Waals surface area contributed by atoms with E-state index in [1.807, 2.05) is 12.1 Å². The van der Waals surface area contributed by atoms with E-state index in [2.05, 4.69) is 20.1 Å². The Morgan fingerprint density at radius 1 is 0.875 bits per heavy atom. The van der Waals surface area contributed by atoms with Crippen LogP contribution in [0.15, 0.2) is 72.8 Å². The first kappa shape index (κ1) is 34.6.